The smallest absolute Gasteiger partial charge is 0.0851 e. The third-order valence-corrected chi connectivity index (χ3v) is 1.10. The van der Waals surface area contributed by atoms with Gasteiger partial charge in [0.1, 0.15) is 0 Å². The van der Waals surface area contributed by atoms with Crippen molar-refractivity contribution in [3.8, 4) is 0 Å². The molecule has 38 valence electrons. The predicted molar refractivity (Wildman–Crippen MR) is 31.7 cm³/mol. The maximum Gasteiger partial charge on any atom is 0.0851 e. The lowest BCUT2D eigenvalue weighted by atomic mass is 10.2. The van der Waals surface area contributed by atoms with Crippen molar-refractivity contribution in [3.05, 3.63) is 0 Å². The first-order chi connectivity index (χ1) is 3.43. The normalized spacial score (nSPS) is 20.0. The Morgan fingerprint density at radius 2 is 2.43 bits per heavy atom. The molecule has 1 rings (SSSR count). The molecule has 0 aromatic carbocycles. The molecule has 7 heavy (non-hydrogen) atoms. The highest BCUT2D eigenvalue weighted by atomic mass is 32.1. The molecular weight excluding hydrogens is 108 g/mol. The summed E-state index contributed by atoms with van der Waals surface area (Å²) in [4.78, 5) is 3.83. The van der Waals surface area contributed by atoms with Crippen LogP contribution in [-0.4, -0.2) is 24.3 Å². The van der Waals surface area contributed by atoms with Gasteiger partial charge >= 0.3 is 0 Å². The number of thiocarbonyl (C=S) groups is 1. The largest absolute Gasteiger partial charge is 0.312 e. The summed E-state index contributed by atoms with van der Waals surface area (Å²) in [5.41, 5.74) is 0. The monoisotopic (exact) mass is 114 g/mol. The molecule has 0 unspecified atom stereocenters. The molecule has 2 nitrogen and oxygen atoms in total. The SMILES string of the molecule is S=C=NC1CNC1. The van der Waals surface area contributed by atoms with Gasteiger partial charge < -0.3 is 5.32 Å². The first kappa shape index (κ1) is 4.91. The molecule has 1 aliphatic rings. The fraction of sp³-hybridized carbons (Fsp3) is 0.750. The molecule has 0 atom stereocenters. The molecule has 1 N–H and O–H groups in total. The van der Waals surface area contributed by atoms with Crippen molar-refractivity contribution in [2.24, 2.45) is 4.99 Å². The highest BCUT2D eigenvalue weighted by Gasteiger charge is 2.13. The predicted octanol–water partition coefficient (Wildman–Crippen LogP) is 0.0610. The van der Waals surface area contributed by atoms with Crippen molar-refractivity contribution in [1.82, 2.24) is 5.32 Å². The molecule has 3 heteroatoms. The van der Waals surface area contributed by atoms with Gasteiger partial charge in [0.15, 0.2) is 0 Å². The highest BCUT2D eigenvalue weighted by Crippen LogP contribution is 1.93. The zero-order chi connectivity index (χ0) is 5.11. The van der Waals surface area contributed by atoms with Crippen LogP contribution in [0, 0.1) is 0 Å². The molecule has 0 aliphatic carbocycles. The number of nitrogens with one attached hydrogen (secondary N) is 1. The van der Waals surface area contributed by atoms with Gasteiger partial charge in [0.25, 0.3) is 0 Å². The summed E-state index contributed by atoms with van der Waals surface area (Å²) < 4.78 is 0. The summed E-state index contributed by atoms with van der Waals surface area (Å²) in [6.07, 6.45) is 0. The second-order valence-electron chi connectivity index (χ2n) is 1.53. The van der Waals surface area contributed by atoms with Crippen LogP contribution in [0.2, 0.25) is 0 Å². The lowest BCUT2D eigenvalue weighted by Gasteiger charge is -2.20. The van der Waals surface area contributed by atoms with Crippen LogP contribution in [0.4, 0.5) is 0 Å². The van der Waals surface area contributed by atoms with E-state index in [2.05, 4.69) is 27.7 Å². The van der Waals surface area contributed by atoms with Crippen LogP contribution in [0.25, 0.3) is 0 Å². The van der Waals surface area contributed by atoms with Crippen molar-refractivity contribution < 1.29 is 0 Å². The Kier molecular flexibility index (Phi) is 1.52. The van der Waals surface area contributed by atoms with Gasteiger partial charge in [-0.2, -0.15) is 0 Å². The zero-order valence-electron chi connectivity index (χ0n) is 3.85. The molecule has 1 saturated heterocycles. The average molecular weight is 114 g/mol. The minimum Gasteiger partial charge on any atom is -0.312 e. The lowest BCUT2D eigenvalue weighted by Crippen LogP contribution is -2.45. The fourth-order valence-electron chi connectivity index (χ4n) is 0.439. The number of hydrogen-bond donors (Lipinski definition) is 1. The van der Waals surface area contributed by atoms with E-state index in [-0.39, 0.29) is 0 Å². The third-order valence-electron chi connectivity index (χ3n) is 0.995. The second kappa shape index (κ2) is 2.17. The summed E-state index contributed by atoms with van der Waals surface area (Å²) >= 11 is 4.38. The van der Waals surface area contributed by atoms with Gasteiger partial charge in [-0.15, -0.1) is 0 Å². The Bertz CT molecular complexity index is 102. The van der Waals surface area contributed by atoms with Gasteiger partial charge in [-0.25, -0.2) is 4.99 Å². The van der Waals surface area contributed by atoms with Crippen molar-refractivity contribution in [2.75, 3.05) is 13.1 Å². The van der Waals surface area contributed by atoms with E-state index in [1.807, 2.05) is 0 Å². The van der Waals surface area contributed by atoms with Crippen LogP contribution < -0.4 is 5.32 Å². The summed E-state index contributed by atoms with van der Waals surface area (Å²) in [5, 5.41) is 5.40. The molecule has 0 aromatic rings. The Balaban J connectivity index is 2.27. The van der Waals surface area contributed by atoms with Gasteiger partial charge in [0.2, 0.25) is 0 Å². The Morgan fingerprint density at radius 3 is 2.57 bits per heavy atom. The topological polar surface area (TPSA) is 24.4 Å². The average Bonchev–Trinajstić information content (AvgIpc) is 1.55. The van der Waals surface area contributed by atoms with E-state index >= 15 is 0 Å². The van der Waals surface area contributed by atoms with Crippen molar-refractivity contribution in [3.63, 3.8) is 0 Å². The molecule has 0 amide bonds. The molecule has 0 aromatic heterocycles. The molecule has 0 bridgehead atoms. The summed E-state index contributed by atoms with van der Waals surface area (Å²) in [6.45, 7) is 1.95. The Morgan fingerprint density at radius 1 is 1.71 bits per heavy atom. The van der Waals surface area contributed by atoms with Gasteiger partial charge in [0, 0.05) is 13.1 Å². The highest BCUT2D eigenvalue weighted by molar-refractivity contribution is 7.78. The first-order valence-corrected chi connectivity index (χ1v) is 2.62. The minimum absolute atomic E-state index is 0.428. The number of rotatable bonds is 1. The van der Waals surface area contributed by atoms with E-state index in [0.29, 0.717) is 6.04 Å². The molecule has 1 fully saturated rings. The number of isothiocyanates is 1. The van der Waals surface area contributed by atoms with Crippen molar-refractivity contribution in [1.29, 1.82) is 0 Å². The quantitative estimate of drug-likeness (QED) is 0.385. The molecule has 0 spiro atoms. The van der Waals surface area contributed by atoms with Crippen LogP contribution >= 0.6 is 12.2 Å². The lowest BCUT2D eigenvalue weighted by molar-refractivity contribution is 0.450. The van der Waals surface area contributed by atoms with Crippen LogP contribution in [0.1, 0.15) is 0 Å². The maximum absolute atomic E-state index is 4.38. The number of nitrogens with zero attached hydrogens (tertiary/aromatic N) is 1. The third kappa shape index (κ3) is 1.06. The molecule has 1 heterocycles. The molecular formula is C4H6N2S. The minimum atomic E-state index is 0.428. The van der Waals surface area contributed by atoms with Crippen molar-refractivity contribution >= 4 is 17.4 Å². The Labute approximate surface area is 47.6 Å². The second-order valence-corrected chi connectivity index (χ2v) is 1.72. The summed E-state index contributed by atoms with van der Waals surface area (Å²) in [7, 11) is 0. The first-order valence-electron chi connectivity index (χ1n) is 2.21. The van der Waals surface area contributed by atoms with Crippen LogP contribution in [0.5, 0.6) is 0 Å². The van der Waals surface area contributed by atoms with Gasteiger partial charge in [0.05, 0.1) is 11.2 Å². The van der Waals surface area contributed by atoms with Gasteiger partial charge in [-0.05, 0) is 12.2 Å². The number of aliphatic imine (C=N–C) groups is 1. The van der Waals surface area contributed by atoms with E-state index in [1.165, 1.54) is 0 Å². The van der Waals surface area contributed by atoms with Gasteiger partial charge in [-0.1, -0.05) is 0 Å². The summed E-state index contributed by atoms with van der Waals surface area (Å²) in [5.74, 6) is 0. The van der Waals surface area contributed by atoms with E-state index in [4.69, 9.17) is 0 Å². The maximum atomic E-state index is 4.38. The fourth-order valence-corrected chi connectivity index (χ4v) is 0.588. The van der Waals surface area contributed by atoms with E-state index < -0.39 is 0 Å². The van der Waals surface area contributed by atoms with Crippen LogP contribution in [0.3, 0.4) is 0 Å². The van der Waals surface area contributed by atoms with Crippen molar-refractivity contribution in [2.45, 2.75) is 6.04 Å². The van der Waals surface area contributed by atoms with E-state index in [9.17, 15) is 0 Å². The molecule has 1 aliphatic heterocycles. The number of hydrogen-bond acceptors (Lipinski definition) is 3. The van der Waals surface area contributed by atoms with Crippen LogP contribution in [0.15, 0.2) is 4.99 Å². The summed E-state index contributed by atoms with van der Waals surface area (Å²) in [6, 6.07) is 0.428. The van der Waals surface area contributed by atoms with E-state index in [0.717, 1.165) is 13.1 Å². The molecule has 0 radical (unpaired) electrons. The van der Waals surface area contributed by atoms with Crippen LogP contribution in [-0.2, 0) is 0 Å². The van der Waals surface area contributed by atoms with E-state index in [1.54, 1.807) is 0 Å². The zero-order valence-corrected chi connectivity index (χ0v) is 4.66. The van der Waals surface area contributed by atoms with Gasteiger partial charge in [-0.3, -0.25) is 0 Å². The standard InChI is InChI=1S/C4H6N2S/c7-3-6-4-1-5-2-4/h4-5H,1-2H2. The molecule has 0 saturated carbocycles. The Hall–Kier alpha value is -0.240.